The number of hydrogen-bond donors (Lipinski definition) is 1. The minimum atomic E-state index is -4.08. The Morgan fingerprint density at radius 1 is 0.974 bits per heavy atom. The van der Waals surface area contributed by atoms with Crippen molar-refractivity contribution in [3.05, 3.63) is 99.8 Å². The molecule has 1 N–H and O–H groups in total. The van der Waals surface area contributed by atoms with Gasteiger partial charge in [0.2, 0.25) is 21.8 Å². The second kappa shape index (κ2) is 13.3. The van der Waals surface area contributed by atoms with Crippen LogP contribution in [0, 0.1) is 5.82 Å². The van der Waals surface area contributed by atoms with Gasteiger partial charge >= 0.3 is 0 Å². The fourth-order valence-electron chi connectivity index (χ4n) is 4.02. The predicted octanol–water partition coefficient (Wildman–Crippen LogP) is 5.06. The van der Waals surface area contributed by atoms with Gasteiger partial charge in [-0.3, -0.25) is 13.9 Å². The van der Waals surface area contributed by atoms with E-state index in [9.17, 15) is 22.4 Å². The van der Waals surface area contributed by atoms with E-state index in [1.165, 1.54) is 29.2 Å². The molecule has 1 unspecified atom stereocenters. The molecule has 39 heavy (non-hydrogen) atoms. The molecule has 0 saturated heterocycles. The van der Waals surface area contributed by atoms with Crippen molar-refractivity contribution in [1.82, 2.24) is 10.2 Å². The van der Waals surface area contributed by atoms with Crippen molar-refractivity contribution < 1.29 is 22.4 Å². The molecule has 1 atom stereocenters. The summed E-state index contributed by atoms with van der Waals surface area (Å²) in [5, 5.41) is 3.52. The molecular formula is C28H30Cl2FN3O4S. The number of nitrogens with zero attached hydrogens (tertiary/aromatic N) is 2. The molecule has 208 valence electrons. The summed E-state index contributed by atoms with van der Waals surface area (Å²) in [6.07, 6.45) is 1.04. The lowest BCUT2D eigenvalue weighted by Crippen LogP contribution is -2.54. The summed E-state index contributed by atoms with van der Waals surface area (Å²) in [6.45, 7) is 2.74. The molecule has 0 bridgehead atoms. The van der Waals surface area contributed by atoms with Crippen LogP contribution in [0.4, 0.5) is 10.1 Å². The number of benzene rings is 3. The summed E-state index contributed by atoms with van der Waals surface area (Å²) in [5.41, 5.74) is 1.01. The van der Waals surface area contributed by atoms with E-state index in [0.29, 0.717) is 14.9 Å². The van der Waals surface area contributed by atoms with Crippen LogP contribution in [0.1, 0.15) is 25.0 Å². The number of carbonyl (C=O) groups excluding carboxylic acids is 2. The number of anilines is 1. The zero-order valence-corrected chi connectivity index (χ0v) is 24.1. The van der Waals surface area contributed by atoms with Crippen LogP contribution >= 0.6 is 23.2 Å². The van der Waals surface area contributed by atoms with E-state index in [4.69, 9.17) is 23.2 Å². The highest BCUT2D eigenvalue weighted by molar-refractivity contribution is 7.92. The van der Waals surface area contributed by atoms with E-state index in [0.717, 1.165) is 17.9 Å². The Bertz CT molecular complexity index is 1420. The van der Waals surface area contributed by atoms with E-state index in [1.807, 2.05) is 30.3 Å². The number of carbonyl (C=O) groups is 2. The number of sulfonamides is 1. The molecule has 0 fully saturated rings. The summed E-state index contributed by atoms with van der Waals surface area (Å²) < 4.78 is 40.8. The monoisotopic (exact) mass is 593 g/mol. The van der Waals surface area contributed by atoms with Crippen LogP contribution < -0.4 is 9.62 Å². The van der Waals surface area contributed by atoms with Crippen LogP contribution in [0.25, 0.3) is 0 Å². The quantitative estimate of drug-likeness (QED) is 0.336. The number of nitrogens with one attached hydrogen (secondary N) is 1. The van der Waals surface area contributed by atoms with Crippen LogP contribution in [-0.2, 0) is 32.6 Å². The Hall–Kier alpha value is -3.14. The van der Waals surface area contributed by atoms with E-state index in [2.05, 4.69) is 5.32 Å². The maximum Gasteiger partial charge on any atom is 0.244 e. The molecular weight excluding hydrogens is 564 g/mol. The van der Waals surface area contributed by atoms with Gasteiger partial charge in [0.25, 0.3) is 0 Å². The molecule has 11 heteroatoms. The average molecular weight is 595 g/mol. The Labute approximate surface area is 238 Å². The molecule has 0 spiro atoms. The first kappa shape index (κ1) is 30.4. The first-order valence-electron chi connectivity index (χ1n) is 12.2. The molecule has 3 aromatic rings. The first-order chi connectivity index (χ1) is 18.4. The minimum absolute atomic E-state index is 0.118. The standard InChI is InChI=1S/C28H30Cl2FN3O4S/c1-19(2)32-28(36)26(15-20-9-5-4-6-10-20)33(17-21-13-14-22(29)16-23(21)30)27(35)18-34(39(3,37)38)25-12-8-7-11-24(25)31/h4-14,16,19,26H,15,17-18H2,1-3H3,(H,32,36). The molecule has 0 radical (unpaired) electrons. The lowest BCUT2D eigenvalue weighted by Gasteiger charge is -2.34. The summed E-state index contributed by atoms with van der Waals surface area (Å²) in [4.78, 5) is 28.7. The van der Waals surface area contributed by atoms with Crippen molar-refractivity contribution in [3.63, 3.8) is 0 Å². The Balaban J connectivity index is 2.09. The van der Waals surface area contributed by atoms with Gasteiger partial charge in [0.1, 0.15) is 18.4 Å². The van der Waals surface area contributed by atoms with Crippen LogP contribution in [0.5, 0.6) is 0 Å². The van der Waals surface area contributed by atoms with Crippen molar-refractivity contribution in [1.29, 1.82) is 0 Å². The molecule has 0 aliphatic heterocycles. The summed E-state index contributed by atoms with van der Waals surface area (Å²) in [6, 6.07) is 17.9. The van der Waals surface area contributed by atoms with Crippen molar-refractivity contribution in [2.45, 2.75) is 38.9 Å². The number of amides is 2. The molecule has 2 amide bonds. The zero-order valence-electron chi connectivity index (χ0n) is 21.8. The Morgan fingerprint density at radius 2 is 1.62 bits per heavy atom. The maximum absolute atomic E-state index is 14.7. The molecule has 0 aliphatic carbocycles. The Kier molecular flexibility index (Phi) is 10.4. The zero-order chi connectivity index (χ0) is 28.7. The topological polar surface area (TPSA) is 86.8 Å². The van der Waals surface area contributed by atoms with E-state index in [-0.39, 0.29) is 29.7 Å². The van der Waals surface area contributed by atoms with Gasteiger partial charge in [-0.1, -0.05) is 71.7 Å². The molecule has 0 aromatic heterocycles. The molecule has 0 heterocycles. The van der Waals surface area contributed by atoms with Crippen molar-refractivity contribution in [2.75, 3.05) is 17.1 Å². The smallest absolute Gasteiger partial charge is 0.244 e. The summed E-state index contributed by atoms with van der Waals surface area (Å²) in [5.74, 6) is -1.94. The van der Waals surface area contributed by atoms with Gasteiger partial charge in [-0.05, 0) is 49.2 Å². The highest BCUT2D eigenvalue weighted by Gasteiger charge is 2.34. The number of rotatable bonds is 11. The lowest BCUT2D eigenvalue weighted by molar-refractivity contribution is -0.140. The maximum atomic E-state index is 14.7. The van der Waals surface area contributed by atoms with Crippen molar-refractivity contribution in [2.24, 2.45) is 0 Å². The number of para-hydroxylation sites is 1. The molecule has 3 rings (SSSR count). The average Bonchev–Trinajstić information content (AvgIpc) is 2.85. The SMILES string of the molecule is CC(C)NC(=O)C(Cc1ccccc1)N(Cc1ccc(Cl)cc1Cl)C(=O)CN(c1ccccc1F)S(C)(=O)=O. The molecule has 7 nitrogen and oxygen atoms in total. The second-order valence-corrected chi connectivity index (χ2v) is 12.1. The van der Waals surface area contributed by atoms with Crippen LogP contribution in [-0.4, -0.2) is 50.0 Å². The third kappa shape index (κ3) is 8.42. The largest absolute Gasteiger partial charge is 0.352 e. The normalized spacial score (nSPS) is 12.2. The van der Waals surface area contributed by atoms with Gasteiger partial charge in [-0.15, -0.1) is 0 Å². The Morgan fingerprint density at radius 3 is 2.21 bits per heavy atom. The molecule has 0 saturated carbocycles. The van der Waals surface area contributed by atoms with E-state index >= 15 is 0 Å². The van der Waals surface area contributed by atoms with Crippen LogP contribution in [0.2, 0.25) is 10.0 Å². The second-order valence-electron chi connectivity index (χ2n) is 9.35. The van der Waals surface area contributed by atoms with E-state index in [1.54, 1.807) is 26.0 Å². The van der Waals surface area contributed by atoms with Gasteiger partial charge < -0.3 is 10.2 Å². The predicted molar refractivity (Wildman–Crippen MR) is 153 cm³/mol. The summed E-state index contributed by atoms with van der Waals surface area (Å²) >= 11 is 12.5. The molecule has 3 aromatic carbocycles. The van der Waals surface area contributed by atoms with Crippen LogP contribution in [0.15, 0.2) is 72.8 Å². The van der Waals surface area contributed by atoms with Crippen molar-refractivity contribution in [3.8, 4) is 0 Å². The van der Waals surface area contributed by atoms with Gasteiger partial charge in [0.15, 0.2) is 0 Å². The summed E-state index contributed by atoms with van der Waals surface area (Å²) in [7, 11) is -4.08. The van der Waals surface area contributed by atoms with Gasteiger partial charge in [-0.2, -0.15) is 0 Å². The van der Waals surface area contributed by atoms with E-state index < -0.39 is 40.2 Å². The van der Waals surface area contributed by atoms with Gasteiger partial charge in [0, 0.05) is 29.1 Å². The fourth-order valence-corrected chi connectivity index (χ4v) is 5.34. The third-order valence-corrected chi connectivity index (χ3v) is 7.57. The fraction of sp³-hybridized carbons (Fsp3) is 0.286. The number of hydrogen-bond acceptors (Lipinski definition) is 4. The first-order valence-corrected chi connectivity index (χ1v) is 14.8. The van der Waals surface area contributed by atoms with Crippen molar-refractivity contribution >= 4 is 50.7 Å². The highest BCUT2D eigenvalue weighted by atomic mass is 35.5. The van der Waals surface area contributed by atoms with Gasteiger partial charge in [0.05, 0.1) is 11.9 Å². The third-order valence-electron chi connectivity index (χ3n) is 5.86. The highest BCUT2D eigenvalue weighted by Crippen LogP contribution is 2.26. The molecule has 0 aliphatic rings. The van der Waals surface area contributed by atoms with Gasteiger partial charge in [-0.25, -0.2) is 12.8 Å². The lowest BCUT2D eigenvalue weighted by atomic mass is 10.0. The minimum Gasteiger partial charge on any atom is -0.352 e. The van der Waals surface area contributed by atoms with Crippen LogP contribution in [0.3, 0.4) is 0 Å². The number of halogens is 3.